The number of aromatic amines is 2. The van der Waals surface area contributed by atoms with Crippen LogP contribution in [0.25, 0.3) is 51.4 Å². The molecule has 1 aliphatic rings. The van der Waals surface area contributed by atoms with E-state index >= 15 is 0 Å². The molecule has 2 N–H and O–H groups in total. The molecule has 0 saturated carbocycles. The number of likely N-dealkylation sites (tertiary alicyclic amines) is 1. The second-order valence-electron chi connectivity index (χ2n) is 9.46. The summed E-state index contributed by atoms with van der Waals surface area (Å²) in [6.45, 7) is 9.63. The van der Waals surface area contributed by atoms with E-state index in [0.29, 0.717) is 5.82 Å². The number of rotatable bonds is 6. The number of imidazole rings is 1. The second kappa shape index (κ2) is 10.2. The summed E-state index contributed by atoms with van der Waals surface area (Å²) in [5, 5.41) is 13.8. The largest absolute Gasteiger partial charge is 0.335 e. The molecular weight excluding hydrogens is 478 g/mol. The first-order valence-electron chi connectivity index (χ1n) is 12.6. The average molecular weight is 508 g/mol. The minimum atomic E-state index is 0.694. The first kappa shape index (κ1) is 23.5. The lowest BCUT2D eigenvalue weighted by atomic mass is 10.0. The van der Waals surface area contributed by atoms with Gasteiger partial charge in [0.2, 0.25) is 0 Å². The van der Waals surface area contributed by atoms with E-state index in [1.54, 1.807) is 11.3 Å². The molecule has 0 aliphatic carbocycles. The molecule has 186 valence electrons. The van der Waals surface area contributed by atoms with Crippen molar-refractivity contribution in [1.29, 1.82) is 0 Å². The third kappa shape index (κ3) is 4.77. The Morgan fingerprint density at radius 2 is 2.00 bits per heavy atom. The van der Waals surface area contributed by atoms with Crippen LogP contribution < -0.4 is 10.6 Å². The van der Waals surface area contributed by atoms with Crippen LogP contribution in [-0.2, 0) is 6.54 Å². The highest BCUT2D eigenvalue weighted by atomic mass is 32.1. The van der Waals surface area contributed by atoms with Gasteiger partial charge in [0.05, 0.1) is 17.1 Å². The molecule has 1 saturated heterocycles. The summed E-state index contributed by atoms with van der Waals surface area (Å²) in [7, 11) is 0. The fraction of sp³-hybridized carbons (Fsp3) is 0.241. The number of allylic oxidation sites excluding steroid dienone is 1. The molecule has 0 amide bonds. The van der Waals surface area contributed by atoms with Crippen LogP contribution in [0.4, 0.5) is 0 Å². The minimum absolute atomic E-state index is 0.694. The van der Waals surface area contributed by atoms with Crippen molar-refractivity contribution < 1.29 is 0 Å². The fourth-order valence-corrected chi connectivity index (χ4v) is 5.62. The minimum Gasteiger partial charge on any atom is -0.335 e. The molecule has 0 unspecified atom stereocenters. The molecule has 7 nitrogen and oxygen atoms in total. The van der Waals surface area contributed by atoms with Gasteiger partial charge in [0.25, 0.3) is 0 Å². The van der Waals surface area contributed by atoms with Crippen molar-refractivity contribution >= 4 is 40.1 Å². The van der Waals surface area contributed by atoms with Crippen molar-refractivity contribution in [3.8, 4) is 22.6 Å². The van der Waals surface area contributed by atoms with E-state index in [4.69, 9.17) is 4.98 Å². The summed E-state index contributed by atoms with van der Waals surface area (Å²) in [6, 6.07) is 4.29. The van der Waals surface area contributed by atoms with Crippen LogP contribution in [0.15, 0.2) is 54.3 Å². The van der Waals surface area contributed by atoms with E-state index in [1.165, 1.54) is 24.8 Å². The first-order valence-corrected chi connectivity index (χ1v) is 13.6. The number of H-pyrrole nitrogens is 2. The number of thiophene rings is 1. The van der Waals surface area contributed by atoms with E-state index in [0.717, 1.165) is 69.2 Å². The standard InChI is InChI=1S/C29H29N7S/c1-3-25-23(11-19(2)22-12-20(13-30-14-22)17-36-8-5-4-6-9-36)28(35-34-25)29-32-26-16-31-15-24(27(26)33-29)21-7-10-37-18-21/h3,7,10-16,18,34H,2,4-6,8-9,17H2,1H3,(H,32,33)/b23-11+,25-3+. The molecular formula is C29H29N7S. The van der Waals surface area contributed by atoms with Gasteiger partial charge in [0.1, 0.15) is 11.2 Å². The van der Waals surface area contributed by atoms with Crippen LogP contribution in [0.2, 0.25) is 0 Å². The van der Waals surface area contributed by atoms with Crippen molar-refractivity contribution in [2.45, 2.75) is 32.7 Å². The highest BCUT2D eigenvalue weighted by molar-refractivity contribution is 7.08. The Labute approximate surface area is 219 Å². The zero-order valence-electron chi connectivity index (χ0n) is 20.9. The summed E-state index contributed by atoms with van der Waals surface area (Å²) in [4.78, 5) is 19.8. The lowest BCUT2D eigenvalue weighted by molar-refractivity contribution is 0.220. The smallest absolute Gasteiger partial charge is 0.159 e. The molecule has 0 atom stereocenters. The summed E-state index contributed by atoms with van der Waals surface area (Å²) in [6.07, 6.45) is 15.5. The number of fused-ring (bicyclic) bond motifs is 1. The number of hydrogen-bond donors (Lipinski definition) is 2. The van der Waals surface area contributed by atoms with Crippen LogP contribution in [0, 0.1) is 0 Å². The maximum atomic E-state index is 4.95. The first-order chi connectivity index (χ1) is 18.2. The summed E-state index contributed by atoms with van der Waals surface area (Å²) >= 11 is 1.66. The Bertz CT molecular complexity index is 1670. The van der Waals surface area contributed by atoms with Gasteiger partial charge in [-0.25, -0.2) is 4.98 Å². The quantitative estimate of drug-likeness (QED) is 0.346. The number of aromatic nitrogens is 6. The normalized spacial score (nSPS) is 15.6. The molecule has 1 aliphatic heterocycles. The second-order valence-corrected chi connectivity index (χ2v) is 10.2. The Morgan fingerprint density at radius 3 is 2.81 bits per heavy atom. The molecule has 37 heavy (non-hydrogen) atoms. The van der Waals surface area contributed by atoms with Gasteiger partial charge in [-0.2, -0.15) is 16.4 Å². The fourth-order valence-electron chi connectivity index (χ4n) is 4.97. The number of nitrogens with zero attached hydrogens (tertiary/aromatic N) is 5. The third-order valence-electron chi connectivity index (χ3n) is 6.91. The van der Waals surface area contributed by atoms with Gasteiger partial charge >= 0.3 is 0 Å². The zero-order valence-corrected chi connectivity index (χ0v) is 21.7. The molecule has 6 heterocycles. The molecule has 8 heteroatoms. The number of pyridine rings is 2. The summed E-state index contributed by atoms with van der Waals surface area (Å²) in [5.74, 6) is 0.694. The monoisotopic (exact) mass is 507 g/mol. The van der Waals surface area contributed by atoms with E-state index < -0.39 is 0 Å². The molecule has 0 aromatic carbocycles. The molecule has 0 spiro atoms. The van der Waals surface area contributed by atoms with E-state index in [2.05, 4.69) is 65.6 Å². The third-order valence-corrected chi connectivity index (χ3v) is 7.60. The van der Waals surface area contributed by atoms with Gasteiger partial charge in [0, 0.05) is 35.9 Å². The van der Waals surface area contributed by atoms with Crippen molar-refractivity contribution in [3.05, 3.63) is 76.0 Å². The predicted octanol–water partition coefficient (Wildman–Crippen LogP) is 4.75. The maximum absolute atomic E-state index is 4.95. The van der Waals surface area contributed by atoms with Gasteiger partial charge in [-0.15, -0.1) is 0 Å². The average Bonchev–Trinajstić information content (AvgIpc) is 3.69. The van der Waals surface area contributed by atoms with Crippen LogP contribution in [-0.4, -0.2) is 48.1 Å². The van der Waals surface area contributed by atoms with Gasteiger partial charge in [0.15, 0.2) is 5.82 Å². The topological polar surface area (TPSA) is 86.4 Å². The number of hydrogen-bond acceptors (Lipinski definition) is 6. The Hall–Kier alpha value is -3.88. The predicted molar refractivity (Wildman–Crippen MR) is 151 cm³/mol. The lowest BCUT2D eigenvalue weighted by Crippen LogP contribution is -2.29. The summed E-state index contributed by atoms with van der Waals surface area (Å²) in [5.41, 5.74) is 7.74. The van der Waals surface area contributed by atoms with Crippen molar-refractivity contribution in [2.24, 2.45) is 0 Å². The van der Waals surface area contributed by atoms with Gasteiger partial charge in [-0.1, -0.05) is 19.1 Å². The van der Waals surface area contributed by atoms with E-state index in [-0.39, 0.29) is 0 Å². The van der Waals surface area contributed by atoms with Crippen molar-refractivity contribution in [3.63, 3.8) is 0 Å². The summed E-state index contributed by atoms with van der Waals surface area (Å²) < 4.78 is 0. The van der Waals surface area contributed by atoms with Gasteiger partial charge in [-0.3, -0.25) is 20.0 Å². The SMILES string of the molecule is C=C(/C=c1/c(-c2nc3c(-c4ccsc4)cncc3[nH]2)n[nH]/c1=C/C)c1cncc(CN2CCCCC2)c1. The van der Waals surface area contributed by atoms with E-state index in [9.17, 15) is 0 Å². The van der Waals surface area contributed by atoms with E-state index in [1.807, 2.05) is 37.8 Å². The highest BCUT2D eigenvalue weighted by Gasteiger charge is 2.15. The lowest BCUT2D eigenvalue weighted by Gasteiger charge is -2.26. The molecule has 5 aromatic heterocycles. The van der Waals surface area contributed by atoms with Gasteiger partial charge < -0.3 is 4.98 Å². The molecule has 5 aromatic rings. The highest BCUT2D eigenvalue weighted by Crippen LogP contribution is 2.29. The molecule has 0 radical (unpaired) electrons. The van der Waals surface area contributed by atoms with Crippen LogP contribution in [0.5, 0.6) is 0 Å². The molecule has 0 bridgehead atoms. The maximum Gasteiger partial charge on any atom is 0.159 e. The Balaban J connectivity index is 1.37. The van der Waals surface area contributed by atoms with Crippen LogP contribution in [0.3, 0.4) is 0 Å². The van der Waals surface area contributed by atoms with Crippen molar-refractivity contribution in [2.75, 3.05) is 13.1 Å². The Kier molecular flexibility index (Phi) is 6.51. The van der Waals surface area contributed by atoms with Crippen LogP contribution >= 0.6 is 11.3 Å². The van der Waals surface area contributed by atoms with Crippen molar-refractivity contribution in [1.82, 2.24) is 35.0 Å². The number of nitrogens with one attached hydrogen (secondary N) is 2. The molecule has 6 rings (SSSR count). The zero-order chi connectivity index (χ0) is 25.2. The molecule has 1 fully saturated rings. The van der Waals surface area contributed by atoms with Crippen LogP contribution in [0.1, 0.15) is 37.3 Å². The van der Waals surface area contributed by atoms with Gasteiger partial charge in [-0.05, 0) is 84.1 Å². The Morgan fingerprint density at radius 1 is 1.14 bits per heavy atom. The number of piperidine rings is 1.